The predicted molar refractivity (Wildman–Crippen MR) is 132 cm³/mol. The number of aliphatic hydroxyl groups is 1. The number of esters is 1. The van der Waals surface area contributed by atoms with Crippen molar-refractivity contribution in [1.82, 2.24) is 4.98 Å². The molecule has 1 saturated heterocycles. The number of hydrogen-bond donors (Lipinski definition) is 1. The third-order valence-electron chi connectivity index (χ3n) is 5.40. The fraction of sp³-hybridized carbons (Fsp3) is 0.120. The molecular formula is C25H19N3O7S. The van der Waals surface area contributed by atoms with Crippen molar-refractivity contribution in [2.24, 2.45) is 0 Å². The second-order valence-electron chi connectivity index (χ2n) is 7.69. The Labute approximate surface area is 208 Å². The van der Waals surface area contributed by atoms with Crippen molar-refractivity contribution in [3.8, 4) is 0 Å². The average Bonchev–Trinajstić information content (AvgIpc) is 3.39. The van der Waals surface area contributed by atoms with Crippen molar-refractivity contribution in [2.75, 3.05) is 11.5 Å². The van der Waals surface area contributed by atoms with Crippen LogP contribution >= 0.6 is 11.3 Å². The number of benzene rings is 2. The summed E-state index contributed by atoms with van der Waals surface area (Å²) in [5, 5.41) is 22.5. The number of anilines is 1. The molecule has 0 radical (unpaired) electrons. The van der Waals surface area contributed by atoms with Gasteiger partial charge in [0.15, 0.2) is 5.13 Å². The zero-order valence-corrected chi connectivity index (χ0v) is 19.7. The zero-order valence-electron chi connectivity index (χ0n) is 18.9. The van der Waals surface area contributed by atoms with Gasteiger partial charge in [0.25, 0.3) is 11.5 Å². The second-order valence-corrected chi connectivity index (χ2v) is 8.66. The molecule has 3 aromatic rings. The van der Waals surface area contributed by atoms with E-state index in [-0.39, 0.29) is 44.7 Å². The Morgan fingerprint density at radius 3 is 2.64 bits per heavy atom. The predicted octanol–water partition coefficient (Wildman–Crippen LogP) is 4.33. The summed E-state index contributed by atoms with van der Waals surface area (Å²) in [5.41, 5.74) is 0.253. The van der Waals surface area contributed by atoms with Gasteiger partial charge in [0.1, 0.15) is 17.2 Å². The first-order chi connectivity index (χ1) is 17.2. The van der Waals surface area contributed by atoms with E-state index in [1.807, 2.05) is 0 Å². The van der Waals surface area contributed by atoms with Crippen LogP contribution in [-0.2, 0) is 14.3 Å². The standard InChI is InChI=1S/C25H19N3O7S/c1-3-12-35-24(32)22-14(2)26-25(36-22)27-19(16-10-7-11-17(13-16)28(33)34)18(21(30)23(27)31)20(29)15-8-5-4-6-9-15/h3-11,13,19,29H,1,12H2,2H3/b20-18+. The molecule has 1 aliphatic heterocycles. The number of carbonyl (C=O) groups is 3. The number of carbonyl (C=O) groups excluding carboxylic acids is 3. The van der Waals surface area contributed by atoms with E-state index in [4.69, 9.17) is 4.74 Å². The number of ether oxygens (including phenoxy) is 1. The first kappa shape index (κ1) is 24.5. The van der Waals surface area contributed by atoms with Crippen LogP contribution in [0.3, 0.4) is 0 Å². The van der Waals surface area contributed by atoms with Crippen molar-refractivity contribution < 1.29 is 29.2 Å². The summed E-state index contributed by atoms with van der Waals surface area (Å²) in [6.07, 6.45) is 1.40. The largest absolute Gasteiger partial charge is 0.507 e. The fourth-order valence-corrected chi connectivity index (χ4v) is 4.77. The lowest BCUT2D eigenvalue weighted by Gasteiger charge is -2.22. The van der Waals surface area contributed by atoms with Gasteiger partial charge in [0.05, 0.1) is 22.2 Å². The quantitative estimate of drug-likeness (QED) is 0.0952. The maximum absolute atomic E-state index is 13.3. The highest BCUT2D eigenvalue weighted by atomic mass is 32.1. The zero-order chi connectivity index (χ0) is 26.0. The molecule has 36 heavy (non-hydrogen) atoms. The lowest BCUT2D eigenvalue weighted by molar-refractivity contribution is -0.384. The van der Waals surface area contributed by atoms with Crippen LogP contribution in [0, 0.1) is 17.0 Å². The number of aromatic nitrogens is 1. The van der Waals surface area contributed by atoms with E-state index < -0.39 is 34.4 Å². The molecule has 0 bridgehead atoms. The summed E-state index contributed by atoms with van der Waals surface area (Å²) in [4.78, 5) is 55.2. The number of hydrogen-bond acceptors (Lipinski definition) is 9. The molecule has 1 amide bonds. The number of nitrogens with zero attached hydrogens (tertiary/aromatic N) is 3. The molecule has 1 aromatic heterocycles. The molecule has 0 spiro atoms. The highest BCUT2D eigenvalue weighted by Gasteiger charge is 2.48. The molecule has 182 valence electrons. The second kappa shape index (κ2) is 9.92. The van der Waals surface area contributed by atoms with Crippen molar-refractivity contribution >= 4 is 45.6 Å². The van der Waals surface area contributed by atoms with Crippen LogP contribution in [0.5, 0.6) is 0 Å². The van der Waals surface area contributed by atoms with Crippen LogP contribution in [0.25, 0.3) is 5.76 Å². The summed E-state index contributed by atoms with van der Waals surface area (Å²) in [7, 11) is 0. The van der Waals surface area contributed by atoms with Crippen LogP contribution in [0.1, 0.15) is 32.5 Å². The molecule has 1 unspecified atom stereocenters. The number of thiazole rings is 1. The summed E-state index contributed by atoms with van der Waals surface area (Å²) in [5.74, 6) is -3.10. The van der Waals surface area contributed by atoms with E-state index in [1.54, 1.807) is 37.3 Å². The third-order valence-corrected chi connectivity index (χ3v) is 6.53. The van der Waals surface area contributed by atoms with Crippen molar-refractivity contribution in [2.45, 2.75) is 13.0 Å². The molecule has 1 atom stereocenters. The minimum absolute atomic E-state index is 0.00349. The molecule has 1 N–H and O–H groups in total. The fourth-order valence-electron chi connectivity index (χ4n) is 3.78. The van der Waals surface area contributed by atoms with E-state index in [2.05, 4.69) is 11.6 Å². The first-order valence-corrected chi connectivity index (χ1v) is 11.4. The van der Waals surface area contributed by atoms with Gasteiger partial charge >= 0.3 is 11.9 Å². The van der Waals surface area contributed by atoms with Crippen LogP contribution in [0.15, 0.2) is 72.8 Å². The van der Waals surface area contributed by atoms with Gasteiger partial charge in [-0.05, 0) is 12.5 Å². The molecule has 4 rings (SSSR count). The molecule has 2 aromatic carbocycles. The Hall–Kier alpha value is -4.64. The number of nitro groups is 1. The van der Waals surface area contributed by atoms with E-state index >= 15 is 0 Å². The highest BCUT2D eigenvalue weighted by molar-refractivity contribution is 7.17. The number of Topliss-reactive ketones (excluding diaryl/α,β-unsaturated/α-hetero) is 1. The van der Waals surface area contributed by atoms with E-state index in [1.165, 1.54) is 30.3 Å². The molecular weight excluding hydrogens is 486 g/mol. The molecule has 0 aliphatic carbocycles. The lowest BCUT2D eigenvalue weighted by Crippen LogP contribution is -2.29. The summed E-state index contributed by atoms with van der Waals surface area (Å²) in [6.45, 7) is 5.01. The molecule has 11 heteroatoms. The van der Waals surface area contributed by atoms with E-state index in [0.717, 1.165) is 16.2 Å². The Morgan fingerprint density at radius 1 is 1.25 bits per heavy atom. The Kier molecular flexibility index (Phi) is 6.75. The van der Waals surface area contributed by atoms with Gasteiger partial charge in [-0.15, -0.1) is 0 Å². The smallest absolute Gasteiger partial charge is 0.350 e. The molecule has 1 aliphatic rings. The van der Waals surface area contributed by atoms with Crippen LogP contribution in [-0.4, -0.2) is 39.3 Å². The van der Waals surface area contributed by atoms with Crippen molar-refractivity contribution in [3.63, 3.8) is 0 Å². The number of amides is 1. The number of rotatable bonds is 7. The number of non-ortho nitro benzene ring substituents is 1. The highest BCUT2D eigenvalue weighted by Crippen LogP contribution is 2.44. The minimum Gasteiger partial charge on any atom is -0.507 e. The maximum atomic E-state index is 13.3. The number of ketones is 1. The monoisotopic (exact) mass is 505 g/mol. The Morgan fingerprint density at radius 2 is 1.97 bits per heavy atom. The van der Waals surface area contributed by atoms with Gasteiger partial charge in [-0.25, -0.2) is 9.78 Å². The van der Waals surface area contributed by atoms with Gasteiger partial charge < -0.3 is 9.84 Å². The number of aliphatic hydroxyl groups excluding tert-OH is 1. The van der Waals surface area contributed by atoms with Crippen molar-refractivity contribution in [3.05, 3.63) is 105 Å². The lowest BCUT2D eigenvalue weighted by atomic mass is 9.95. The molecule has 2 heterocycles. The SMILES string of the molecule is C=CCOC(=O)c1sc(N2C(=O)C(=O)/C(=C(/O)c3ccccc3)C2c2cccc([N+](=O)[O-])c2)nc1C. The first-order valence-electron chi connectivity index (χ1n) is 10.6. The van der Waals surface area contributed by atoms with E-state index in [9.17, 15) is 29.6 Å². The molecule has 1 fully saturated rings. The Bertz CT molecular complexity index is 1430. The minimum atomic E-state index is -1.23. The number of nitro benzene ring substituents is 1. The average molecular weight is 506 g/mol. The van der Waals surface area contributed by atoms with Gasteiger partial charge in [-0.3, -0.25) is 24.6 Å². The van der Waals surface area contributed by atoms with E-state index in [0.29, 0.717) is 0 Å². The molecule has 10 nitrogen and oxygen atoms in total. The summed E-state index contributed by atoms with van der Waals surface area (Å²) in [6, 6.07) is 12.3. The van der Waals surface area contributed by atoms with Gasteiger partial charge in [0, 0.05) is 17.7 Å². The molecule has 0 saturated carbocycles. The van der Waals surface area contributed by atoms with Crippen LogP contribution in [0.4, 0.5) is 10.8 Å². The Balaban J connectivity index is 1.91. The van der Waals surface area contributed by atoms with Gasteiger partial charge in [-0.2, -0.15) is 0 Å². The summed E-state index contributed by atoms with van der Waals surface area (Å²) >= 11 is 0.834. The summed E-state index contributed by atoms with van der Waals surface area (Å²) < 4.78 is 5.07. The maximum Gasteiger partial charge on any atom is 0.350 e. The third kappa shape index (κ3) is 4.39. The van der Waals surface area contributed by atoms with Crippen LogP contribution < -0.4 is 4.90 Å². The van der Waals surface area contributed by atoms with Gasteiger partial charge in [-0.1, -0.05) is 66.5 Å². The van der Waals surface area contributed by atoms with Crippen LogP contribution in [0.2, 0.25) is 0 Å². The van der Waals surface area contributed by atoms with Crippen molar-refractivity contribution in [1.29, 1.82) is 0 Å². The van der Waals surface area contributed by atoms with Gasteiger partial charge in [0.2, 0.25) is 0 Å². The number of aryl methyl sites for hydroxylation is 1. The normalized spacial score (nSPS) is 16.7. The topological polar surface area (TPSA) is 140 Å².